The molecule has 0 unspecified atom stereocenters. The number of rotatable bonds is 10. The third-order valence-electron chi connectivity index (χ3n) is 12.8. The van der Waals surface area contributed by atoms with Crippen molar-refractivity contribution in [3.05, 3.63) is 41.5 Å². The largest absolute Gasteiger partial charge is 0.475 e. The zero-order valence-corrected chi connectivity index (χ0v) is 34.9. The number of halogens is 3. The van der Waals surface area contributed by atoms with Gasteiger partial charge in [0.25, 0.3) is 0 Å². The molecule has 3 atom stereocenters. The number of fused-ring (bicyclic) bond motifs is 4. The van der Waals surface area contributed by atoms with Gasteiger partial charge in [-0.15, -0.1) is 5.54 Å². The second kappa shape index (κ2) is 15.5. The SMILES string of the molecule is COCOc1cc(-c2nc3c4c(nc(OC[C@@]56CCCN5C[C@H](F)C6)nc4c2F)N2CCOC[C@H]2CO3)c2c(C#C[Si](C(C)C)(C(C)C)C(C)C)c(F)ccc2c1. The van der Waals surface area contributed by atoms with Crippen LogP contribution < -0.4 is 19.1 Å². The van der Waals surface area contributed by atoms with E-state index >= 15 is 8.78 Å². The molecule has 2 aromatic carbocycles. The number of morpholine rings is 1. The van der Waals surface area contributed by atoms with Gasteiger partial charge in [-0.05, 0) is 59.6 Å². The molecule has 0 spiro atoms. The van der Waals surface area contributed by atoms with Gasteiger partial charge >= 0.3 is 6.01 Å². The van der Waals surface area contributed by atoms with Gasteiger partial charge in [-0.2, -0.15) is 9.97 Å². The monoisotopic (exact) mass is 803 g/mol. The maximum absolute atomic E-state index is 17.7. The molecule has 0 bridgehead atoms. The molecular weight excluding hydrogens is 752 g/mol. The van der Waals surface area contributed by atoms with E-state index in [9.17, 15) is 4.39 Å². The van der Waals surface area contributed by atoms with Crippen LogP contribution in [0.25, 0.3) is 32.9 Å². The Morgan fingerprint density at radius 2 is 1.77 bits per heavy atom. The first-order valence-electron chi connectivity index (χ1n) is 20.2. The quantitative estimate of drug-likeness (QED) is 0.0888. The second-order valence-electron chi connectivity index (χ2n) is 16.9. The van der Waals surface area contributed by atoms with Crippen LogP contribution in [0.4, 0.5) is 19.0 Å². The van der Waals surface area contributed by atoms with Crippen LogP contribution in [-0.2, 0) is 9.47 Å². The normalized spacial score (nSPS) is 22.2. The highest BCUT2D eigenvalue weighted by atomic mass is 28.3. The average molecular weight is 804 g/mol. The number of aromatic nitrogens is 3. The molecule has 0 N–H and O–H groups in total. The van der Waals surface area contributed by atoms with E-state index in [4.69, 9.17) is 38.6 Å². The van der Waals surface area contributed by atoms with Crippen LogP contribution in [0.2, 0.25) is 16.6 Å². The van der Waals surface area contributed by atoms with Gasteiger partial charge in [-0.3, -0.25) is 4.90 Å². The summed E-state index contributed by atoms with van der Waals surface area (Å²) in [5, 5.41) is 1.30. The van der Waals surface area contributed by atoms with Gasteiger partial charge in [-0.25, -0.2) is 18.2 Å². The lowest BCUT2D eigenvalue weighted by Gasteiger charge is -2.38. The Balaban J connectivity index is 1.35. The first-order valence-corrected chi connectivity index (χ1v) is 22.4. The van der Waals surface area contributed by atoms with E-state index in [0.29, 0.717) is 77.1 Å². The van der Waals surface area contributed by atoms with Crippen LogP contribution >= 0.6 is 0 Å². The van der Waals surface area contributed by atoms with E-state index < -0.39 is 31.4 Å². The molecule has 4 aliphatic rings. The molecule has 304 valence electrons. The third-order valence-corrected chi connectivity index (χ3v) is 19.1. The summed E-state index contributed by atoms with van der Waals surface area (Å²) >= 11 is 0. The van der Waals surface area contributed by atoms with Crippen LogP contribution in [0.15, 0.2) is 24.3 Å². The van der Waals surface area contributed by atoms with Gasteiger partial charge in [0.05, 0.1) is 30.4 Å². The molecule has 14 heteroatoms. The zero-order valence-electron chi connectivity index (χ0n) is 33.9. The number of hydrogen-bond donors (Lipinski definition) is 0. The molecule has 8 rings (SSSR count). The predicted molar refractivity (Wildman–Crippen MR) is 217 cm³/mol. The van der Waals surface area contributed by atoms with Crippen molar-refractivity contribution in [1.29, 1.82) is 0 Å². The van der Waals surface area contributed by atoms with Crippen molar-refractivity contribution < 1.29 is 36.9 Å². The summed E-state index contributed by atoms with van der Waals surface area (Å²) < 4.78 is 78.4. The fourth-order valence-electron chi connectivity index (χ4n) is 10.1. The number of pyridine rings is 1. The Bertz CT molecular complexity index is 2230. The number of methoxy groups -OCH3 is 1. The first kappa shape index (κ1) is 39.7. The van der Waals surface area contributed by atoms with E-state index in [1.807, 2.05) is 4.90 Å². The summed E-state index contributed by atoms with van der Waals surface area (Å²) in [4.78, 5) is 18.6. The maximum atomic E-state index is 17.7. The van der Waals surface area contributed by atoms with Gasteiger partial charge < -0.3 is 28.6 Å². The van der Waals surface area contributed by atoms with Gasteiger partial charge in [-0.1, -0.05) is 53.5 Å². The molecule has 6 heterocycles. The van der Waals surface area contributed by atoms with Crippen molar-refractivity contribution in [1.82, 2.24) is 19.9 Å². The molecule has 0 amide bonds. The molecule has 3 fully saturated rings. The number of nitrogens with zero attached hydrogens (tertiary/aromatic N) is 5. The number of hydrogen-bond acceptors (Lipinski definition) is 10. The molecular formula is C43H52F3N5O5Si. The Hall–Kier alpha value is -4.16. The van der Waals surface area contributed by atoms with Crippen LogP contribution in [0.1, 0.15) is 66.4 Å². The van der Waals surface area contributed by atoms with E-state index in [1.165, 1.54) is 13.2 Å². The zero-order chi connectivity index (χ0) is 40.2. The highest BCUT2D eigenvalue weighted by molar-refractivity contribution is 6.90. The number of anilines is 1. The lowest BCUT2D eigenvalue weighted by molar-refractivity contribution is 0.0512. The number of benzene rings is 2. The lowest BCUT2D eigenvalue weighted by atomic mass is 9.95. The predicted octanol–water partition coefficient (Wildman–Crippen LogP) is 8.23. The third kappa shape index (κ3) is 6.88. The molecule has 2 aromatic heterocycles. The van der Waals surface area contributed by atoms with Crippen LogP contribution in [0.5, 0.6) is 17.6 Å². The van der Waals surface area contributed by atoms with Crippen molar-refractivity contribution in [2.75, 3.05) is 64.9 Å². The molecule has 10 nitrogen and oxygen atoms in total. The molecule has 4 aliphatic heterocycles. The Morgan fingerprint density at radius 3 is 2.53 bits per heavy atom. The lowest BCUT2D eigenvalue weighted by Crippen LogP contribution is -2.48. The van der Waals surface area contributed by atoms with Crippen molar-refractivity contribution >= 4 is 35.6 Å². The summed E-state index contributed by atoms with van der Waals surface area (Å²) in [5.74, 6) is 3.00. The standard InChI is InChI=1S/C43H52F3N5O5Si/c1-25(2)57(26(3)4,27(5)6)16-11-32-34(45)10-9-28-17-31(56-24-52-7)18-33(35(28)32)38-37(46)39-36-40(51-14-15-53-21-30(51)22-54-41(36)47-38)49-42(48-39)55-23-43-12-8-13-50(43)20-29(44)19-43/h9-10,17-18,25-27,29-30H,8,12-15,19-24H2,1-7H3/t29-,30+,43+/m1/s1. The summed E-state index contributed by atoms with van der Waals surface area (Å²) in [6, 6.07) is 6.19. The topological polar surface area (TPSA) is 91.3 Å². The second-order valence-corrected chi connectivity index (χ2v) is 22.5. The van der Waals surface area contributed by atoms with E-state index in [0.717, 1.165) is 19.4 Å². The molecule has 3 saturated heterocycles. The molecule has 0 radical (unpaired) electrons. The Morgan fingerprint density at radius 1 is 0.982 bits per heavy atom. The van der Waals surface area contributed by atoms with Crippen molar-refractivity contribution in [3.63, 3.8) is 0 Å². The first-order chi connectivity index (χ1) is 27.4. The summed E-state index contributed by atoms with van der Waals surface area (Å²) in [7, 11) is -0.801. The molecule has 0 aliphatic carbocycles. The van der Waals surface area contributed by atoms with Crippen LogP contribution in [-0.4, -0.2) is 106 Å². The Labute approximate surface area is 333 Å². The summed E-state index contributed by atoms with van der Waals surface area (Å²) in [6.45, 7) is 16.0. The molecule has 57 heavy (non-hydrogen) atoms. The maximum Gasteiger partial charge on any atom is 0.319 e. The minimum absolute atomic E-state index is 0.0211. The fraction of sp³-hybridized carbons (Fsp3) is 0.558. The minimum Gasteiger partial charge on any atom is -0.475 e. The number of alkyl halides is 1. The van der Waals surface area contributed by atoms with Crippen LogP contribution in [0, 0.1) is 23.1 Å². The average Bonchev–Trinajstić information content (AvgIpc) is 3.66. The van der Waals surface area contributed by atoms with Crippen molar-refractivity contribution in [2.24, 2.45) is 0 Å². The summed E-state index contributed by atoms with van der Waals surface area (Å²) in [5.41, 5.74) is 4.40. The van der Waals surface area contributed by atoms with E-state index in [-0.39, 0.29) is 60.3 Å². The van der Waals surface area contributed by atoms with Gasteiger partial charge in [0.2, 0.25) is 5.88 Å². The van der Waals surface area contributed by atoms with Gasteiger partial charge in [0, 0.05) is 37.6 Å². The minimum atomic E-state index is -2.31. The molecule has 0 saturated carbocycles. The van der Waals surface area contributed by atoms with Crippen molar-refractivity contribution in [3.8, 4) is 40.4 Å². The van der Waals surface area contributed by atoms with E-state index in [1.54, 1.807) is 18.2 Å². The van der Waals surface area contributed by atoms with Crippen LogP contribution in [0.3, 0.4) is 0 Å². The van der Waals surface area contributed by atoms with Crippen molar-refractivity contribution in [2.45, 2.75) is 95.2 Å². The summed E-state index contributed by atoms with van der Waals surface area (Å²) in [6.07, 6.45) is 1.17. The fourth-order valence-corrected chi connectivity index (χ4v) is 15.3. The smallest absolute Gasteiger partial charge is 0.319 e. The highest BCUT2D eigenvalue weighted by Crippen LogP contribution is 2.46. The van der Waals surface area contributed by atoms with E-state index in [2.05, 4.69) is 57.9 Å². The van der Waals surface area contributed by atoms with Gasteiger partial charge in [0.1, 0.15) is 61.4 Å². The molecule has 4 aromatic rings. The number of ether oxygens (including phenoxy) is 5. The van der Waals surface area contributed by atoms with Gasteiger partial charge in [0.15, 0.2) is 12.6 Å². The Kier molecular flexibility index (Phi) is 10.8. The highest BCUT2D eigenvalue weighted by Gasteiger charge is 2.49.